The summed E-state index contributed by atoms with van der Waals surface area (Å²) in [6.07, 6.45) is 4.01. The van der Waals surface area contributed by atoms with Gasteiger partial charge in [0, 0.05) is 24.1 Å². The summed E-state index contributed by atoms with van der Waals surface area (Å²) in [5.41, 5.74) is 1.24. The molecule has 0 aliphatic rings. The smallest absolute Gasteiger partial charge is 0.273 e. The van der Waals surface area contributed by atoms with Crippen molar-refractivity contribution in [2.45, 2.75) is 72.8 Å². The second-order valence-corrected chi connectivity index (χ2v) is 6.44. The number of hydrogen-bond donors (Lipinski definition) is 1. The van der Waals surface area contributed by atoms with Crippen LogP contribution in [0.3, 0.4) is 0 Å². The Hall–Kier alpha value is -1.36. The number of carbonyl (C=O) groups excluding carboxylic acids is 1. The molecule has 132 valence electrons. The number of aryl methyl sites for hydroxylation is 1. The van der Waals surface area contributed by atoms with Crippen molar-refractivity contribution in [1.29, 1.82) is 0 Å². The molecule has 0 aliphatic heterocycles. The monoisotopic (exact) mass is 323 g/mol. The standard InChI is InChI=1S/C18H33N3O2/c1-7-11-18(6,21(10-4)12-8-2)13-19-17(22)16-14(5)15(9-3)23-20-16/h7-13H2,1-6H3,(H,19,22). The van der Waals surface area contributed by atoms with Crippen LogP contribution < -0.4 is 5.32 Å². The normalized spacial score (nSPS) is 14.0. The van der Waals surface area contributed by atoms with E-state index in [9.17, 15) is 4.79 Å². The maximum Gasteiger partial charge on any atom is 0.273 e. The molecule has 5 nitrogen and oxygen atoms in total. The van der Waals surface area contributed by atoms with Crippen molar-refractivity contribution < 1.29 is 9.32 Å². The van der Waals surface area contributed by atoms with Crippen LogP contribution in [-0.2, 0) is 6.42 Å². The van der Waals surface area contributed by atoms with Crippen molar-refractivity contribution in [1.82, 2.24) is 15.4 Å². The molecule has 5 heteroatoms. The molecule has 0 saturated carbocycles. The van der Waals surface area contributed by atoms with Crippen LogP contribution in [0.25, 0.3) is 0 Å². The fourth-order valence-electron chi connectivity index (χ4n) is 3.24. The van der Waals surface area contributed by atoms with Crippen LogP contribution in [-0.4, -0.2) is 41.1 Å². The van der Waals surface area contributed by atoms with Crippen molar-refractivity contribution in [2.24, 2.45) is 0 Å². The highest BCUT2D eigenvalue weighted by atomic mass is 16.5. The molecule has 0 spiro atoms. The molecule has 0 bridgehead atoms. The first-order chi connectivity index (χ1) is 10.9. The summed E-state index contributed by atoms with van der Waals surface area (Å²) in [7, 11) is 0. The van der Waals surface area contributed by atoms with Crippen LogP contribution in [0, 0.1) is 6.92 Å². The number of nitrogens with one attached hydrogen (secondary N) is 1. The largest absolute Gasteiger partial charge is 0.360 e. The number of likely N-dealkylation sites (N-methyl/N-ethyl adjacent to an activating group) is 1. The average molecular weight is 323 g/mol. The van der Waals surface area contributed by atoms with Gasteiger partial charge < -0.3 is 9.84 Å². The average Bonchev–Trinajstić information content (AvgIpc) is 2.91. The quantitative estimate of drug-likeness (QED) is 0.715. The molecule has 1 rings (SSSR count). The summed E-state index contributed by atoms with van der Waals surface area (Å²) in [6, 6.07) is 0. The van der Waals surface area contributed by atoms with Crippen molar-refractivity contribution >= 4 is 5.91 Å². The Morgan fingerprint density at radius 2 is 1.96 bits per heavy atom. The van der Waals surface area contributed by atoms with Crippen LogP contribution in [0.5, 0.6) is 0 Å². The highest BCUT2D eigenvalue weighted by Gasteiger charge is 2.30. The lowest BCUT2D eigenvalue weighted by atomic mass is 9.93. The second-order valence-electron chi connectivity index (χ2n) is 6.44. The van der Waals surface area contributed by atoms with Gasteiger partial charge in [0.25, 0.3) is 5.91 Å². The number of nitrogens with zero attached hydrogens (tertiary/aromatic N) is 2. The van der Waals surface area contributed by atoms with Gasteiger partial charge in [-0.3, -0.25) is 9.69 Å². The summed E-state index contributed by atoms with van der Waals surface area (Å²) in [4.78, 5) is 14.9. The van der Waals surface area contributed by atoms with Gasteiger partial charge in [-0.1, -0.05) is 39.3 Å². The van der Waals surface area contributed by atoms with E-state index in [0.29, 0.717) is 12.2 Å². The first-order valence-electron chi connectivity index (χ1n) is 8.91. The first kappa shape index (κ1) is 19.7. The minimum atomic E-state index is -0.138. The van der Waals surface area contributed by atoms with Gasteiger partial charge in [0.15, 0.2) is 5.69 Å². The molecule has 1 N–H and O–H groups in total. The van der Waals surface area contributed by atoms with Crippen LogP contribution in [0.15, 0.2) is 4.52 Å². The van der Waals surface area contributed by atoms with E-state index in [-0.39, 0.29) is 11.4 Å². The molecular formula is C18H33N3O2. The molecule has 1 unspecified atom stereocenters. The zero-order chi connectivity index (χ0) is 17.5. The summed E-state index contributed by atoms with van der Waals surface area (Å²) >= 11 is 0. The van der Waals surface area contributed by atoms with Crippen LogP contribution in [0.1, 0.15) is 75.7 Å². The van der Waals surface area contributed by atoms with Crippen molar-refractivity contribution in [3.8, 4) is 0 Å². The van der Waals surface area contributed by atoms with Gasteiger partial charge in [-0.15, -0.1) is 0 Å². The molecule has 1 atom stereocenters. The lowest BCUT2D eigenvalue weighted by molar-refractivity contribution is 0.0795. The number of carbonyl (C=O) groups is 1. The Balaban J connectivity index is 2.81. The molecule has 23 heavy (non-hydrogen) atoms. The van der Waals surface area contributed by atoms with Crippen molar-refractivity contribution in [3.05, 3.63) is 17.0 Å². The lowest BCUT2D eigenvalue weighted by Gasteiger charge is -2.41. The molecule has 1 amide bonds. The summed E-state index contributed by atoms with van der Waals surface area (Å²) < 4.78 is 5.23. The third kappa shape index (κ3) is 4.80. The SMILES string of the molecule is CCCN(CC)C(C)(CCC)CNC(=O)c1noc(CC)c1C. The number of hydrogen-bond acceptors (Lipinski definition) is 4. The van der Waals surface area contributed by atoms with Gasteiger partial charge >= 0.3 is 0 Å². The zero-order valence-corrected chi connectivity index (χ0v) is 15.7. The van der Waals surface area contributed by atoms with Gasteiger partial charge in [-0.05, 0) is 39.8 Å². The third-order valence-corrected chi connectivity index (χ3v) is 4.61. The van der Waals surface area contributed by atoms with E-state index in [1.54, 1.807) is 0 Å². The topological polar surface area (TPSA) is 58.4 Å². The Labute approximate surface area is 140 Å². The molecule has 1 aromatic rings. The lowest BCUT2D eigenvalue weighted by Crippen LogP contribution is -2.54. The molecule has 0 radical (unpaired) electrons. The highest BCUT2D eigenvalue weighted by molar-refractivity contribution is 5.93. The van der Waals surface area contributed by atoms with Gasteiger partial charge in [-0.25, -0.2) is 0 Å². The number of aromatic nitrogens is 1. The molecule has 1 heterocycles. The fourth-order valence-corrected chi connectivity index (χ4v) is 3.24. The molecule has 1 aromatic heterocycles. The van der Waals surface area contributed by atoms with Crippen LogP contribution in [0.4, 0.5) is 0 Å². The Morgan fingerprint density at radius 3 is 2.43 bits per heavy atom. The van der Waals surface area contributed by atoms with E-state index < -0.39 is 0 Å². The van der Waals surface area contributed by atoms with E-state index in [2.05, 4.69) is 43.1 Å². The van der Waals surface area contributed by atoms with E-state index in [4.69, 9.17) is 4.52 Å². The molecule has 0 fully saturated rings. The van der Waals surface area contributed by atoms with Crippen molar-refractivity contribution in [2.75, 3.05) is 19.6 Å². The number of rotatable bonds is 10. The highest BCUT2D eigenvalue weighted by Crippen LogP contribution is 2.21. The van der Waals surface area contributed by atoms with E-state index in [1.165, 1.54) is 0 Å². The Morgan fingerprint density at radius 1 is 1.26 bits per heavy atom. The Kier molecular flexibility index (Phi) is 7.76. The molecular weight excluding hydrogens is 290 g/mol. The minimum absolute atomic E-state index is 0.0274. The van der Waals surface area contributed by atoms with E-state index >= 15 is 0 Å². The zero-order valence-electron chi connectivity index (χ0n) is 15.7. The minimum Gasteiger partial charge on any atom is -0.360 e. The predicted octanol–water partition coefficient (Wildman–Crippen LogP) is 3.57. The molecule has 0 aliphatic carbocycles. The van der Waals surface area contributed by atoms with E-state index in [1.807, 2.05) is 13.8 Å². The van der Waals surface area contributed by atoms with Gasteiger partial charge in [-0.2, -0.15) is 0 Å². The van der Waals surface area contributed by atoms with Crippen LogP contribution in [0.2, 0.25) is 0 Å². The first-order valence-corrected chi connectivity index (χ1v) is 8.91. The van der Waals surface area contributed by atoms with Gasteiger partial charge in [0.2, 0.25) is 0 Å². The summed E-state index contributed by atoms with van der Waals surface area (Å²) in [5, 5.41) is 7.01. The van der Waals surface area contributed by atoms with Gasteiger partial charge in [0.1, 0.15) is 5.76 Å². The molecule has 0 aromatic carbocycles. The van der Waals surface area contributed by atoms with Crippen molar-refractivity contribution in [3.63, 3.8) is 0 Å². The predicted molar refractivity (Wildman–Crippen MR) is 93.8 cm³/mol. The van der Waals surface area contributed by atoms with Gasteiger partial charge in [0.05, 0.1) is 0 Å². The third-order valence-electron chi connectivity index (χ3n) is 4.61. The second kappa shape index (κ2) is 9.06. The number of amides is 1. The molecule has 0 saturated heterocycles. The maximum atomic E-state index is 12.5. The summed E-state index contributed by atoms with van der Waals surface area (Å²) in [6.45, 7) is 15.4. The summed E-state index contributed by atoms with van der Waals surface area (Å²) in [5.74, 6) is 0.647. The Bertz CT molecular complexity index is 498. The van der Waals surface area contributed by atoms with E-state index in [0.717, 1.165) is 50.1 Å². The van der Waals surface area contributed by atoms with Crippen LogP contribution >= 0.6 is 0 Å². The maximum absolute atomic E-state index is 12.5. The fraction of sp³-hybridized carbons (Fsp3) is 0.778.